The molecule has 3 unspecified atom stereocenters. The summed E-state index contributed by atoms with van der Waals surface area (Å²) in [6.45, 7) is 2.35. The number of nitrogens with two attached hydrogens (primary N) is 1. The first-order valence-corrected chi connectivity index (χ1v) is 11.7. The Kier molecular flexibility index (Phi) is 6.44. The number of rotatable bonds is 6. The summed E-state index contributed by atoms with van der Waals surface area (Å²) >= 11 is 0. The Morgan fingerprint density at radius 2 is 1.91 bits per heavy atom. The lowest BCUT2D eigenvalue weighted by atomic mass is 9.76. The molecule has 0 aliphatic heterocycles. The summed E-state index contributed by atoms with van der Waals surface area (Å²) in [7, 11) is 1.48. The van der Waals surface area contributed by atoms with Crippen molar-refractivity contribution in [1.29, 1.82) is 0 Å². The second-order valence-corrected chi connectivity index (χ2v) is 9.36. The second kappa shape index (κ2) is 9.67. The Bertz CT molecular complexity index is 1320. The average Bonchev–Trinajstić information content (AvgIpc) is 3.21. The fourth-order valence-electron chi connectivity index (χ4n) is 5.12. The lowest BCUT2D eigenvalue weighted by Crippen LogP contribution is -2.31. The average molecular weight is 479 g/mol. The molecule has 3 heterocycles. The Morgan fingerprint density at radius 3 is 2.66 bits per heavy atom. The molecule has 0 amide bonds. The molecule has 1 fully saturated rings. The van der Waals surface area contributed by atoms with Crippen LogP contribution in [0.4, 0.5) is 20.4 Å². The van der Waals surface area contributed by atoms with Gasteiger partial charge < -0.3 is 15.8 Å². The zero-order valence-electron chi connectivity index (χ0n) is 19.7. The van der Waals surface area contributed by atoms with E-state index in [9.17, 15) is 8.78 Å². The summed E-state index contributed by atoms with van der Waals surface area (Å²) < 4.78 is 36.2. The topological polar surface area (TPSA) is 90.4 Å². The Balaban J connectivity index is 1.50. The molecule has 3 aromatic heterocycles. The van der Waals surface area contributed by atoms with Crippen molar-refractivity contribution in [2.24, 2.45) is 11.7 Å². The fourth-order valence-corrected chi connectivity index (χ4v) is 5.12. The van der Waals surface area contributed by atoms with Crippen molar-refractivity contribution in [3.8, 4) is 11.3 Å². The van der Waals surface area contributed by atoms with Crippen molar-refractivity contribution >= 4 is 17.2 Å². The van der Waals surface area contributed by atoms with Crippen LogP contribution in [0, 0.1) is 17.6 Å². The largest absolute Gasteiger partial charge is 0.380 e. The van der Waals surface area contributed by atoms with Crippen molar-refractivity contribution in [2.75, 3.05) is 12.4 Å². The molecule has 1 aromatic carbocycles. The van der Waals surface area contributed by atoms with Gasteiger partial charge in [0.1, 0.15) is 11.6 Å². The molecule has 1 aliphatic rings. The molecule has 3 atom stereocenters. The van der Waals surface area contributed by atoms with Crippen LogP contribution in [0.3, 0.4) is 0 Å². The minimum absolute atomic E-state index is 0.119. The quantitative estimate of drug-likeness (QED) is 0.396. The third-order valence-corrected chi connectivity index (χ3v) is 6.57. The van der Waals surface area contributed by atoms with Gasteiger partial charge in [0.05, 0.1) is 41.5 Å². The first-order valence-electron chi connectivity index (χ1n) is 11.7. The van der Waals surface area contributed by atoms with Gasteiger partial charge in [-0.25, -0.2) is 13.8 Å². The van der Waals surface area contributed by atoms with Crippen LogP contribution in [-0.4, -0.2) is 32.7 Å². The molecule has 0 saturated heterocycles. The van der Waals surface area contributed by atoms with E-state index in [-0.39, 0.29) is 23.9 Å². The van der Waals surface area contributed by atoms with Gasteiger partial charge in [0.2, 0.25) is 5.95 Å². The van der Waals surface area contributed by atoms with Gasteiger partial charge in [-0.1, -0.05) is 6.92 Å². The van der Waals surface area contributed by atoms with E-state index in [1.54, 1.807) is 35.2 Å². The Labute approximate surface area is 202 Å². The van der Waals surface area contributed by atoms with Gasteiger partial charge in [0.25, 0.3) is 0 Å². The normalized spacial score (nSPS) is 20.3. The lowest BCUT2D eigenvalue weighted by Gasteiger charge is -2.32. The highest BCUT2D eigenvalue weighted by Gasteiger charge is 2.27. The first-order chi connectivity index (χ1) is 16.9. The molecule has 9 heteroatoms. The van der Waals surface area contributed by atoms with Crippen LogP contribution in [0.15, 0.2) is 48.9 Å². The monoisotopic (exact) mass is 478 g/mol. The first kappa shape index (κ1) is 23.3. The van der Waals surface area contributed by atoms with Gasteiger partial charge in [0.15, 0.2) is 0 Å². The third-order valence-electron chi connectivity index (χ3n) is 6.57. The smallest absolute Gasteiger partial charge is 0.229 e. The van der Waals surface area contributed by atoms with E-state index in [1.807, 2.05) is 6.07 Å². The van der Waals surface area contributed by atoms with E-state index in [4.69, 9.17) is 10.5 Å². The van der Waals surface area contributed by atoms with Gasteiger partial charge in [0, 0.05) is 19.3 Å². The predicted molar refractivity (Wildman–Crippen MR) is 130 cm³/mol. The number of halogens is 2. The fraction of sp³-hybridized carbons (Fsp3) is 0.346. The SMILES string of the molecule is COCc1cc(F)c(-c2ccc3cnc(Nc4cnccc4C4CC(C)CC(N)C4)n3n2)c(F)c1. The van der Waals surface area contributed by atoms with Crippen LogP contribution in [-0.2, 0) is 11.3 Å². The van der Waals surface area contributed by atoms with Crippen LogP contribution in [0.1, 0.15) is 43.2 Å². The molecular formula is C26H28F2N6O. The summed E-state index contributed by atoms with van der Waals surface area (Å²) in [5.74, 6) is -0.114. The molecule has 0 spiro atoms. The van der Waals surface area contributed by atoms with Gasteiger partial charge in [-0.15, -0.1) is 0 Å². The maximum absolute atomic E-state index is 14.8. The molecule has 5 rings (SSSR count). The van der Waals surface area contributed by atoms with E-state index in [0.717, 1.165) is 30.5 Å². The molecule has 182 valence electrons. The molecule has 7 nitrogen and oxygen atoms in total. The summed E-state index contributed by atoms with van der Waals surface area (Å²) in [6, 6.07) is 8.02. The Morgan fingerprint density at radius 1 is 1.11 bits per heavy atom. The van der Waals surface area contributed by atoms with E-state index >= 15 is 0 Å². The number of pyridine rings is 1. The highest BCUT2D eigenvalue weighted by molar-refractivity contribution is 5.66. The predicted octanol–water partition coefficient (Wildman–Crippen LogP) is 5.19. The summed E-state index contributed by atoms with van der Waals surface area (Å²) in [5.41, 5.74) is 9.32. The molecule has 3 N–H and O–H groups in total. The molecule has 35 heavy (non-hydrogen) atoms. The number of ether oxygens (including phenoxy) is 1. The zero-order valence-corrected chi connectivity index (χ0v) is 19.7. The maximum atomic E-state index is 14.8. The van der Waals surface area contributed by atoms with Crippen LogP contribution in [0.5, 0.6) is 0 Å². The van der Waals surface area contributed by atoms with Crippen LogP contribution in [0.2, 0.25) is 0 Å². The summed E-state index contributed by atoms with van der Waals surface area (Å²) in [5, 5.41) is 7.84. The molecule has 0 radical (unpaired) electrons. The third kappa shape index (κ3) is 4.74. The van der Waals surface area contributed by atoms with Crippen molar-refractivity contribution in [2.45, 2.75) is 44.8 Å². The number of aromatic nitrogens is 4. The number of anilines is 2. The van der Waals surface area contributed by atoms with Gasteiger partial charge in [-0.2, -0.15) is 9.61 Å². The molecule has 4 aromatic rings. The van der Waals surface area contributed by atoms with E-state index in [2.05, 4.69) is 27.3 Å². The van der Waals surface area contributed by atoms with Gasteiger partial charge >= 0.3 is 0 Å². The number of nitrogens with zero attached hydrogens (tertiary/aromatic N) is 4. The van der Waals surface area contributed by atoms with Crippen molar-refractivity contribution in [3.63, 3.8) is 0 Å². The van der Waals surface area contributed by atoms with E-state index in [0.29, 0.717) is 28.9 Å². The van der Waals surface area contributed by atoms with Crippen LogP contribution >= 0.6 is 0 Å². The van der Waals surface area contributed by atoms with Crippen molar-refractivity contribution in [3.05, 3.63) is 71.7 Å². The van der Waals surface area contributed by atoms with Crippen molar-refractivity contribution < 1.29 is 13.5 Å². The minimum atomic E-state index is -0.698. The molecule has 1 aliphatic carbocycles. The minimum Gasteiger partial charge on any atom is -0.380 e. The van der Waals surface area contributed by atoms with E-state index in [1.165, 1.54) is 19.2 Å². The lowest BCUT2D eigenvalue weighted by molar-refractivity contribution is 0.184. The number of imidazole rings is 1. The zero-order chi connectivity index (χ0) is 24.5. The number of nitrogens with one attached hydrogen (secondary N) is 1. The Hall–Kier alpha value is -3.43. The summed E-state index contributed by atoms with van der Waals surface area (Å²) in [4.78, 5) is 8.75. The number of hydrogen-bond acceptors (Lipinski definition) is 6. The van der Waals surface area contributed by atoms with Crippen LogP contribution in [0.25, 0.3) is 16.8 Å². The van der Waals surface area contributed by atoms with Crippen molar-refractivity contribution in [1.82, 2.24) is 19.6 Å². The van der Waals surface area contributed by atoms with Gasteiger partial charge in [-0.05, 0) is 72.6 Å². The summed E-state index contributed by atoms with van der Waals surface area (Å²) in [6.07, 6.45) is 8.19. The standard InChI is InChI=1S/C26H28F2N6O/c1-15-7-17(11-18(29)8-15)20-5-6-30-13-24(20)32-26-31-12-19-3-4-23(33-34(19)26)25-21(27)9-16(14-35-2)10-22(25)28/h3-6,9-10,12-13,15,17-18H,7-8,11,14,29H2,1-2H3,(H,31,32). The number of benzene rings is 1. The molecular weight excluding hydrogens is 450 g/mol. The number of hydrogen-bond donors (Lipinski definition) is 2. The number of methoxy groups -OCH3 is 1. The maximum Gasteiger partial charge on any atom is 0.229 e. The van der Waals surface area contributed by atoms with Gasteiger partial charge in [-0.3, -0.25) is 4.98 Å². The van der Waals surface area contributed by atoms with Crippen LogP contribution < -0.4 is 11.1 Å². The second-order valence-electron chi connectivity index (χ2n) is 9.36. The highest BCUT2D eigenvalue weighted by atomic mass is 19.1. The molecule has 0 bridgehead atoms. The number of fused-ring (bicyclic) bond motifs is 1. The van der Waals surface area contributed by atoms with E-state index < -0.39 is 11.6 Å². The highest BCUT2D eigenvalue weighted by Crippen LogP contribution is 2.39. The molecule has 1 saturated carbocycles.